The van der Waals surface area contributed by atoms with Crippen molar-refractivity contribution in [3.8, 4) is 5.75 Å². The topological polar surface area (TPSA) is 34.1 Å². The van der Waals surface area contributed by atoms with E-state index in [0.717, 1.165) is 11.4 Å². The Hall–Kier alpha value is -1.87. The van der Waals surface area contributed by atoms with Crippen LogP contribution in [0.25, 0.3) is 0 Å². The van der Waals surface area contributed by atoms with Gasteiger partial charge in [-0.2, -0.15) is 0 Å². The number of rotatable bonds is 5. The molecule has 0 saturated carbocycles. The summed E-state index contributed by atoms with van der Waals surface area (Å²) >= 11 is 0. The van der Waals surface area contributed by atoms with Crippen LogP contribution < -0.4 is 10.1 Å². The van der Waals surface area contributed by atoms with Gasteiger partial charge in [-0.15, -0.1) is 0 Å². The van der Waals surface area contributed by atoms with Gasteiger partial charge in [-0.1, -0.05) is 18.2 Å². The average Bonchev–Trinajstić information content (AvgIpc) is 2.48. The zero-order chi connectivity index (χ0) is 13.7. The minimum atomic E-state index is 0.221. The van der Waals surface area contributed by atoms with Gasteiger partial charge in [-0.25, -0.2) is 0 Å². The molecule has 0 bridgehead atoms. The number of hydrogen-bond donors (Lipinski definition) is 1. The Labute approximate surface area is 114 Å². The highest BCUT2D eigenvalue weighted by atomic mass is 16.5. The van der Waals surface area contributed by atoms with E-state index in [9.17, 15) is 0 Å². The summed E-state index contributed by atoms with van der Waals surface area (Å²) < 4.78 is 5.17. The van der Waals surface area contributed by atoms with Gasteiger partial charge in [0.1, 0.15) is 5.75 Å². The summed E-state index contributed by atoms with van der Waals surface area (Å²) in [7, 11) is 1.68. The van der Waals surface area contributed by atoms with Crippen LogP contribution in [-0.2, 0) is 0 Å². The molecule has 0 fully saturated rings. The molecule has 1 heterocycles. The van der Waals surface area contributed by atoms with Crippen molar-refractivity contribution in [1.29, 1.82) is 0 Å². The second-order valence-electron chi connectivity index (χ2n) is 4.64. The third-order valence-electron chi connectivity index (χ3n) is 3.25. The SMILES string of the molecule is COc1ccc(C(C)N[C@@H](C)c2ccccn2)cc1. The molecular weight excluding hydrogens is 236 g/mol. The van der Waals surface area contributed by atoms with Gasteiger partial charge in [-0.05, 0) is 43.7 Å². The minimum absolute atomic E-state index is 0.221. The molecule has 3 heteroatoms. The lowest BCUT2D eigenvalue weighted by Crippen LogP contribution is -2.23. The third-order valence-corrected chi connectivity index (χ3v) is 3.25. The molecule has 0 radical (unpaired) electrons. The van der Waals surface area contributed by atoms with Crippen LogP contribution in [0.2, 0.25) is 0 Å². The molecule has 0 saturated heterocycles. The maximum atomic E-state index is 5.17. The molecule has 1 N–H and O–H groups in total. The van der Waals surface area contributed by atoms with Crippen molar-refractivity contribution >= 4 is 0 Å². The minimum Gasteiger partial charge on any atom is -0.497 e. The highest BCUT2D eigenvalue weighted by Gasteiger charge is 2.11. The first-order chi connectivity index (χ1) is 9.20. The Bertz CT molecular complexity index is 496. The van der Waals surface area contributed by atoms with E-state index < -0.39 is 0 Å². The Morgan fingerprint density at radius 3 is 2.32 bits per heavy atom. The quantitative estimate of drug-likeness (QED) is 0.889. The predicted molar refractivity (Wildman–Crippen MR) is 77.2 cm³/mol. The number of methoxy groups -OCH3 is 1. The lowest BCUT2D eigenvalue weighted by molar-refractivity contribution is 0.414. The van der Waals surface area contributed by atoms with Crippen molar-refractivity contribution in [2.24, 2.45) is 0 Å². The lowest BCUT2D eigenvalue weighted by atomic mass is 10.1. The fourth-order valence-corrected chi connectivity index (χ4v) is 2.08. The van der Waals surface area contributed by atoms with Crippen molar-refractivity contribution < 1.29 is 4.74 Å². The maximum Gasteiger partial charge on any atom is 0.118 e. The Morgan fingerprint density at radius 2 is 1.74 bits per heavy atom. The van der Waals surface area contributed by atoms with Gasteiger partial charge in [0.25, 0.3) is 0 Å². The van der Waals surface area contributed by atoms with Gasteiger partial charge in [0.05, 0.1) is 12.8 Å². The van der Waals surface area contributed by atoms with Crippen LogP contribution in [0.3, 0.4) is 0 Å². The Morgan fingerprint density at radius 1 is 1.00 bits per heavy atom. The van der Waals surface area contributed by atoms with Crippen LogP contribution >= 0.6 is 0 Å². The molecule has 100 valence electrons. The summed E-state index contributed by atoms with van der Waals surface area (Å²) in [5.41, 5.74) is 2.30. The molecule has 0 aliphatic heterocycles. The molecule has 0 amide bonds. The van der Waals surface area contributed by atoms with Crippen molar-refractivity contribution in [3.05, 3.63) is 59.9 Å². The van der Waals surface area contributed by atoms with E-state index in [4.69, 9.17) is 4.74 Å². The summed E-state index contributed by atoms with van der Waals surface area (Å²) in [5, 5.41) is 3.55. The van der Waals surface area contributed by atoms with Crippen molar-refractivity contribution in [3.63, 3.8) is 0 Å². The first kappa shape index (κ1) is 13.6. The molecule has 3 nitrogen and oxygen atoms in total. The largest absolute Gasteiger partial charge is 0.497 e. The number of ether oxygens (including phenoxy) is 1. The molecule has 2 atom stereocenters. The number of pyridine rings is 1. The number of nitrogens with zero attached hydrogens (tertiary/aromatic N) is 1. The standard InChI is InChI=1S/C16H20N2O/c1-12(14-7-9-15(19-3)10-8-14)18-13(2)16-6-4-5-11-17-16/h4-13,18H,1-3H3/t12?,13-/m0/s1. The summed E-state index contributed by atoms with van der Waals surface area (Å²) in [6.45, 7) is 4.28. The van der Waals surface area contributed by atoms with Crippen molar-refractivity contribution in [1.82, 2.24) is 10.3 Å². The highest BCUT2D eigenvalue weighted by molar-refractivity contribution is 5.29. The van der Waals surface area contributed by atoms with Gasteiger partial charge in [0, 0.05) is 18.3 Å². The first-order valence-corrected chi connectivity index (χ1v) is 6.51. The lowest BCUT2D eigenvalue weighted by Gasteiger charge is -2.20. The molecule has 2 rings (SSSR count). The van der Waals surface area contributed by atoms with Gasteiger partial charge >= 0.3 is 0 Å². The number of hydrogen-bond acceptors (Lipinski definition) is 3. The van der Waals surface area contributed by atoms with Crippen LogP contribution in [0.15, 0.2) is 48.7 Å². The van der Waals surface area contributed by atoms with E-state index in [1.807, 2.05) is 36.5 Å². The van der Waals surface area contributed by atoms with Crippen molar-refractivity contribution in [2.45, 2.75) is 25.9 Å². The van der Waals surface area contributed by atoms with Crippen LogP contribution in [0, 0.1) is 0 Å². The molecule has 0 aliphatic rings. The molecule has 1 aromatic heterocycles. The molecule has 1 aromatic carbocycles. The van der Waals surface area contributed by atoms with Crippen LogP contribution in [-0.4, -0.2) is 12.1 Å². The fraction of sp³-hybridized carbons (Fsp3) is 0.312. The van der Waals surface area contributed by atoms with Gasteiger partial charge in [-0.3, -0.25) is 4.98 Å². The second kappa shape index (κ2) is 6.34. The van der Waals surface area contributed by atoms with E-state index in [2.05, 4.69) is 36.3 Å². The predicted octanol–water partition coefficient (Wildman–Crippen LogP) is 3.50. The molecule has 0 aliphatic carbocycles. The summed E-state index contributed by atoms with van der Waals surface area (Å²) in [4.78, 5) is 4.37. The van der Waals surface area contributed by atoms with Gasteiger partial charge < -0.3 is 10.1 Å². The van der Waals surface area contributed by atoms with Gasteiger partial charge in [0.15, 0.2) is 0 Å². The summed E-state index contributed by atoms with van der Waals surface area (Å²) in [6, 6.07) is 14.6. The van der Waals surface area contributed by atoms with E-state index in [0.29, 0.717) is 0 Å². The number of nitrogens with one attached hydrogen (secondary N) is 1. The summed E-state index contributed by atoms with van der Waals surface area (Å²) in [6.07, 6.45) is 1.82. The average molecular weight is 256 g/mol. The smallest absolute Gasteiger partial charge is 0.118 e. The van der Waals surface area contributed by atoms with Crippen molar-refractivity contribution in [2.75, 3.05) is 7.11 Å². The van der Waals surface area contributed by atoms with E-state index in [1.165, 1.54) is 5.56 Å². The van der Waals surface area contributed by atoms with Crippen LogP contribution in [0.5, 0.6) is 5.75 Å². The molecule has 2 aromatic rings. The third kappa shape index (κ3) is 3.55. The maximum absolute atomic E-state index is 5.17. The zero-order valence-electron chi connectivity index (χ0n) is 11.6. The highest BCUT2D eigenvalue weighted by Crippen LogP contribution is 2.20. The molecule has 0 spiro atoms. The molecular formula is C16H20N2O. The van der Waals surface area contributed by atoms with E-state index in [-0.39, 0.29) is 12.1 Å². The van der Waals surface area contributed by atoms with Crippen LogP contribution in [0.4, 0.5) is 0 Å². The fourth-order valence-electron chi connectivity index (χ4n) is 2.08. The number of benzene rings is 1. The molecule has 19 heavy (non-hydrogen) atoms. The summed E-state index contributed by atoms with van der Waals surface area (Å²) in [5.74, 6) is 0.883. The Kier molecular flexibility index (Phi) is 4.53. The normalized spacial score (nSPS) is 13.8. The van der Waals surface area contributed by atoms with Gasteiger partial charge in [0.2, 0.25) is 0 Å². The first-order valence-electron chi connectivity index (χ1n) is 6.51. The molecule has 1 unspecified atom stereocenters. The number of aromatic nitrogens is 1. The second-order valence-corrected chi connectivity index (χ2v) is 4.64. The Balaban J connectivity index is 2.02. The monoisotopic (exact) mass is 256 g/mol. The van der Waals surface area contributed by atoms with E-state index >= 15 is 0 Å². The van der Waals surface area contributed by atoms with E-state index in [1.54, 1.807) is 7.11 Å². The van der Waals surface area contributed by atoms with Crippen LogP contribution in [0.1, 0.15) is 37.2 Å². The zero-order valence-corrected chi connectivity index (χ0v) is 11.6.